The van der Waals surface area contributed by atoms with Crippen molar-refractivity contribution in [1.82, 2.24) is 25.2 Å². The van der Waals surface area contributed by atoms with Crippen molar-refractivity contribution >= 4 is 0 Å². The van der Waals surface area contributed by atoms with E-state index < -0.39 is 0 Å². The van der Waals surface area contributed by atoms with E-state index in [9.17, 15) is 0 Å². The third kappa shape index (κ3) is 5.23. The van der Waals surface area contributed by atoms with Gasteiger partial charge in [-0.1, -0.05) is 12.1 Å². The molecule has 1 N–H and O–H groups in total. The molecule has 0 saturated heterocycles. The largest absolute Gasteiger partial charge is 0.311 e. The highest BCUT2D eigenvalue weighted by Crippen LogP contribution is 1.95. The van der Waals surface area contributed by atoms with E-state index >= 15 is 0 Å². The summed E-state index contributed by atoms with van der Waals surface area (Å²) in [4.78, 5) is 2.18. The van der Waals surface area contributed by atoms with Crippen LogP contribution in [0, 0.1) is 0 Å². The fourth-order valence-electron chi connectivity index (χ4n) is 1.47. The van der Waals surface area contributed by atoms with Gasteiger partial charge >= 0.3 is 0 Å². The molecule has 0 bridgehead atoms. The standard InChI is InChI=1S/C11H23N5/c1-4-6-12-9-11-10-16(14-13-11)8-5-7-15(2)3/h10,12H,4-9H2,1-3H3. The molecule has 0 unspecified atom stereocenters. The first-order valence-corrected chi connectivity index (χ1v) is 5.97. The van der Waals surface area contributed by atoms with Crippen LogP contribution in [0.1, 0.15) is 25.5 Å². The molecule has 0 aliphatic carbocycles. The predicted molar refractivity (Wildman–Crippen MR) is 65.2 cm³/mol. The second kappa shape index (κ2) is 7.35. The van der Waals surface area contributed by atoms with Crippen molar-refractivity contribution in [3.63, 3.8) is 0 Å². The van der Waals surface area contributed by atoms with Gasteiger partial charge in [0.05, 0.1) is 5.69 Å². The van der Waals surface area contributed by atoms with Crippen LogP contribution in [0.2, 0.25) is 0 Å². The average molecular weight is 225 g/mol. The highest BCUT2D eigenvalue weighted by Gasteiger charge is 2.00. The summed E-state index contributed by atoms with van der Waals surface area (Å²) in [7, 11) is 4.17. The summed E-state index contributed by atoms with van der Waals surface area (Å²) in [5, 5.41) is 11.5. The number of aromatic nitrogens is 3. The maximum atomic E-state index is 4.12. The van der Waals surface area contributed by atoms with Crippen molar-refractivity contribution in [2.75, 3.05) is 27.2 Å². The predicted octanol–water partition coefficient (Wildman–Crippen LogP) is 0.729. The number of hydrogen-bond acceptors (Lipinski definition) is 4. The third-order valence-electron chi connectivity index (χ3n) is 2.31. The molecule has 0 aromatic carbocycles. The van der Waals surface area contributed by atoms with Crippen LogP contribution in [0.5, 0.6) is 0 Å². The van der Waals surface area contributed by atoms with Gasteiger partial charge in [-0.3, -0.25) is 4.68 Å². The molecule has 0 saturated carbocycles. The molecule has 0 amide bonds. The Morgan fingerprint density at radius 2 is 2.25 bits per heavy atom. The second-order valence-electron chi connectivity index (χ2n) is 4.31. The molecule has 16 heavy (non-hydrogen) atoms. The highest BCUT2D eigenvalue weighted by molar-refractivity contribution is 4.91. The Morgan fingerprint density at radius 3 is 2.94 bits per heavy atom. The molecule has 0 spiro atoms. The molecule has 0 atom stereocenters. The maximum absolute atomic E-state index is 4.12. The Kier molecular flexibility index (Phi) is 6.03. The van der Waals surface area contributed by atoms with Gasteiger partial charge in [0.15, 0.2) is 0 Å². The Morgan fingerprint density at radius 1 is 1.44 bits per heavy atom. The Labute approximate surface area is 97.8 Å². The van der Waals surface area contributed by atoms with Gasteiger partial charge in [-0.15, -0.1) is 5.10 Å². The molecular formula is C11H23N5. The smallest absolute Gasteiger partial charge is 0.0964 e. The molecule has 0 aliphatic rings. The Balaban J connectivity index is 2.22. The second-order valence-corrected chi connectivity index (χ2v) is 4.31. The van der Waals surface area contributed by atoms with Crippen LogP contribution in [0.4, 0.5) is 0 Å². The topological polar surface area (TPSA) is 46.0 Å². The Hall–Kier alpha value is -0.940. The fraction of sp³-hybridized carbons (Fsp3) is 0.818. The summed E-state index contributed by atoms with van der Waals surface area (Å²) in [5.41, 5.74) is 1.03. The van der Waals surface area contributed by atoms with Crippen LogP contribution in [0.15, 0.2) is 6.20 Å². The van der Waals surface area contributed by atoms with E-state index in [0.29, 0.717) is 0 Å². The van der Waals surface area contributed by atoms with Crippen LogP contribution < -0.4 is 5.32 Å². The SMILES string of the molecule is CCCNCc1cn(CCCN(C)C)nn1. The maximum Gasteiger partial charge on any atom is 0.0964 e. The number of nitrogens with zero attached hydrogens (tertiary/aromatic N) is 4. The van der Waals surface area contributed by atoms with Crippen LogP contribution in [-0.2, 0) is 13.1 Å². The molecule has 0 fully saturated rings. The molecule has 92 valence electrons. The van der Waals surface area contributed by atoms with Gasteiger partial charge in [-0.05, 0) is 40.0 Å². The van der Waals surface area contributed by atoms with Crippen molar-refractivity contribution < 1.29 is 0 Å². The van der Waals surface area contributed by atoms with Crippen LogP contribution in [0.3, 0.4) is 0 Å². The average Bonchev–Trinajstić information content (AvgIpc) is 2.66. The minimum Gasteiger partial charge on any atom is -0.311 e. The van der Waals surface area contributed by atoms with Gasteiger partial charge in [0.1, 0.15) is 0 Å². The summed E-state index contributed by atoms with van der Waals surface area (Å²) >= 11 is 0. The van der Waals surface area contributed by atoms with E-state index in [2.05, 4.69) is 41.5 Å². The van der Waals surface area contributed by atoms with E-state index in [1.807, 2.05) is 10.9 Å². The van der Waals surface area contributed by atoms with Crippen molar-refractivity contribution in [3.8, 4) is 0 Å². The molecule has 5 heteroatoms. The lowest BCUT2D eigenvalue weighted by molar-refractivity contribution is 0.379. The lowest BCUT2D eigenvalue weighted by Gasteiger charge is -2.08. The van der Waals surface area contributed by atoms with Gasteiger partial charge in [0, 0.05) is 19.3 Å². The zero-order valence-electron chi connectivity index (χ0n) is 10.6. The van der Waals surface area contributed by atoms with E-state index in [4.69, 9.17) is 0 Å². The van der Waals surface area contributed by atoms with Gasteiger partial charge in [0.2, 0.25) is 0 Å². The van der Waals surface area contributed by atoms with E-state index in [1.165, 1.54) is 0 Å². The first kappa shape index (κ1) is 13.1. The normalized spacial score (nSPS) is 11.2. The monoisotopic (exact) mass is 225 g/mol. The molecule has 0 aliphatic heterocycles. The van der Waals surface area contributed by atoms with Crippen molar-refractivity contribution in [3.05, 3.63) is 11.9 Å². The zero-order valence-corrected chi connectivity index (χ0v) is 10.6. The number of aryl methyl sites for hydroxylation is 1. The molecule has 1 heterocycles. The van der Waals surface area contributed by atoms with Crippen LogP contribution in [-0.4, -0.2) is 47.1 Å². The molecule has 1 aromatic heterocycles. The van der Waals surface area contributed by atoms with Gasteiger partial charge in [-0.2, -0.15) is 0 Å². The lowest BCUT2D eigenvalue weighted by atomic mass is 10.4. The van der Waals surface area contributed by atoms with Crippen LogP contribution in [0.25, 0.3) is 0 Å². The first-order valence-electron chi connectivity index (χ1n) is 5.97. The van der Waals surface area contributed by atoms with E-state index in [1.54, 1.807) is 0 Å². The van der Waals surface area contributed by atoms with E-state index in [-0.39, 0.29) is 0 Å². The van der Waals surface area contributed by atoms with Crippen molar-refractivity contribution in [2.45, 2.75) is 32.9 Å². The van der Waals surface area contributed by atoms with Crippen molar-refractivity contribution in [1.29, 1.82) is 0 Å². The molecule has 1 rings (SSSR count). The van der Waals surface area contributed by atoms with Gasteiger partial charge in [0.25, 0.3) is 0 Å². The summed E-state index contributed by atoms with van der Waals surface area (Å²) in [5.74, 6) is 0. The van der Waals surface area contributed by atoms with Crippen LogP contribution >= 0.6 is 0 Å². The number of nitrogens with one attached hydrogen (secondary N) is 1. The number of hydrogen-bond donors (Lipinski definition) is 1. The third-order valence-corrected chi connectivity index (χ3v) is 2.31. The minimum absolute atomic E-state index is 0.821. The highest BCUT2D eigenvalue weighted by atomic mass is 15.4. The quantitative estimate of drug-likeness (QED) is 0.663. The molecule has 5 nitrogen and oxygen atoms in total. The number of rotatable bonds is 8. The summed E-state index contributed by atoms with van der Waals surface area (Å²) < 4.78 is 1.92. The summed E-state index contributed by atoms with van der Waals surface area (Å²) in [6.07, 6.45) is 4.29. The summed E-state index contributed by atoms with van der Waals surface area (Å²) in [6, 6.07) is 0. The molecule has 0 radical (unpaired) electrons. The first-order chi connectivity index (χ1) is 7.72. The molecule has 1 aromatic rings. The fourth-order valence-corrected chi connectivity index (χ4v) is 1.47. The zero-order chi connectivity index (χ0) is 11.8. The lowest BCUT2D eigenvalue weighted by Crippen LogP contribution is -2.15. The van der Waals surface area contributed by atoms with Crippen molar-refractivity contribution in [2.24, 2.45) is 0 Å². The van der Waals surface area contributed by atoms with Gasteiger partial charge in [-0.25, -0.2) is 0 Å². The Bertz CT molecular complexity index is 282. The van der Waals surface area contributed by atoms with Gasteiger partial charge < -0.3 is 10.2 Å². The van der Waals surface area contributed by atoms with E-state index in [0.717, 1.165) is 44.7 Å². The molecular weight excluding hydrogens is 202 g/mol. The summed E-state index contributed by atoms with van der Waals surface area (Å²) in [6.45, 7) is 6.04. The minimum atomic E-state index is 0.821.